The Morgan fingerprint density at radius 2 is 2.10 bits per heavy atom. The van der Waals surface area contributed by atoms with Crippen LogP contribution in [0.3, 0.4) is 0 Å². The van der Waals surface area contributed by atoms with Gasteiger partial charge in [0.05, 0.1) is 0 Å². The van der Waals surface area contributed by atoms with E-state index in [1.54, 1.807) is 0 Å². The van der Waals surface area contributed by atoms with E-state index in [4.69, 9.17) is 9.84 Å². The SMILES string of the molecule is CCCNc1cc(N(CC)CCCO)nc(COCC)n1. The highest BCUT2D eigenvalue weighted by atomic mass is 16.5. The van der Waals surface area contributed by atoms with Gasteiger partial charge in [-0.3, -0.25) is 0 Å². The topological polar surface area (TPSA) is 70.5 Å². The van der Waals surface area contributed by atoms with Gasteiger partial charge in [-0.1, -0.05) is 6.92 Å². The van der Waals surface area contributed by atoms with Crippen LogP contribution in [0, 0.1) is 0 Å². The summed E-state index contributed by atoms with van der Waals surface area (Å²) < 4.78 is 5.42. The third-order valence-corrected chi connectivity index (χ3v) is 3.04. The minimum absolute atomic E-state index is 0.189. The van der Waals surface area contributed by atoms with E-state index >= 15 is 0 Å². The molecule has 0 saturated carbocycles. The number of nitrogens with one attached hydrogen (secondary N) is 1. The van der Waals surface area contributed by atoms with Crippen molar-refractivity contribution < 1.29 is 9.84 Å². The second-order valence-electron chi connectivity index (χ2n) is 4.75. The summed E-state index contributed by atoms with van der Waals surface area (Å²) in [6.07, 6.45) is 1.78. The Balaban J connectivity index is 2.92. The number of aromatic nitrogens is 2. The largest absolute Gasteiger partial charge is 0.396 e. The molecular formula is C15H28N4O2. The molecule has 1 rings (SSSR count). The predicted molar refractivity (Wildman–Crippen MR) is 85.7 cm³/mol. The maximum atomic E-state index is 9.01. The normalized spacial score (nSPS) is 10.7. The Hall–Kier alpha value is -1.40. The fourth-order valence-corrected chi connectivity index (χ4v) is 1.94. The molecule has 0 amide bonds. The van der Waals surface area contributed by atoms with Crippen LogP contribution < -0.4 is 10.2 Å². The van der Waals surface area contributed by atoms with Crippen LogP contribution in [-0.4, -0.2) is 47.9 Å². The molecule has 6 heteroatoms. The Labute approximate surface area is 127 Å². The highest BCUT2D eigenvalue weighted by Gasteiger charge is 2.10. The lowest BCUT2D eigenvalue weighted by atomic mass is 10.3. The molecule has 0 bridgehead atoms. The molecule has 21 heavy (non-hydrogen) atoms. The van der Waals surface area contributed by atoms with E-state index in [0.29, 0.717) is 19.0 Å². The number of aliphatic hydroxyl groups is 1. The summed E-state index contributed by atoms with van der Waals surface area (Å²) in [4.78, 5) is 11.2. The fraction of sp³-hybridized carbons (Fsp3) is 0.733. The lowest BCUT2D eigenvalue weighted by molar-refractivity contribution is 0.128. The van der Waals surface area contributed by atoms with E-state index in [0.717, 1.165) is 44.1 Å². The lowest BCUT2D eigenvalue weighted by Crippen LogP contribution is -2.26. The monoisotopic (exact) mass is 296 g/mol. The zero-order chi connectivity index (χ0) is 15.5. The summed E-state index contributed by atoms with van der Waals surface area (Å²) in [7, 11) is 0. The van der Waals surface area contributed by atoms with Crippen molar-refractivity contribution in [1.82, 2.24) is 9.97 Å². The molecule has 1 heterocycles. The molecule has 0 aliphatic carbocycles. The second-order valence-corrected chi connectivity index (χ2v) is 4.75. The number of nitrogens with zero attached hydrogens (tertiary/aromatic N) is 3. The van der Waals surface area contributed by atoms with Crippen LogP contribution >= 0.6 is 0 Å². The number of anilines is 2. The maximum Gasteiger partial charge on any atom is 0.158 e. The van der Waals surface area contributed by atoms with Gasteiger partial charge in [-0.15, -0.1) is 0 Å². The highest BCUT2D eigenvalue weighted by molar-refractivity contribution is 5.49. The van der Waals surface area contributed by atoms with Gasteiger partial charge in [-0.25, -0.2) is 9.97 Å². The van der Waals surface area contributed by atoms with Crippen LogP contribution in [0.15, 0.2) is 6.07 Å². The molecule has 0 atom stereocenters. The molecule has 6 nitrogen and oxygen atoms in total. The molecule has 1 aromatic rings. The first-order valence-corrected chi connectivity index (χ1v) is 7.80. The van der Waals surface area contributed by atoms with Crippen LogP contribution in [0.2, 0.25) is 0 Å². The molecule has 2 N–H and O–H groups in total. The Morgan fingerprint density at radius 3 is 2.71 bits per heavy atom. The van der Waals surface area contributed by atoms with Gasteiger partial charge in [0.15, 0.2) is 5.82 Å². The number of hydrogen-bond donors (Lipinski definition) is 2. The van der Waals surface area contributed by atoms with Crippen molar-refractivity contribution in [2.75, 3.05) is 43.1 Å². The minimum Gasteiger partial charge on any atom is -0.396 e. The standard InChI is InChI=1S/C15H28N4O2/c1-4-8-16-13-11-15(19(5-2)9-7-10-20)18-14(17-13)12-21-6-3/h11,20H,4-10,12H2,1-3H3,(H,16,17,18). The van der Waals surface area contributed by atoms with Gasteiger partial charge in [-0.2, -0.15) is 0 Å². The van der Waals surface area contributed by atoms with Crippen LogP contribution in [0.25, 0.3) is 0 Å². The number of hydrogen-bond acceptors (Lipinski definition) is 6. The van der Waals surface area contributed by atoms with E-state index in [9.17, 15) is 0 Å². The molecule has 1 aromatic heterocycles. The van der Waals surface area contributed by atoms with Crippen LogP contribution in [-0.2, 0) is 11.3 Å². The molecule has 0 fully saturated rings. The second kappa shape index (κ2) is 10.3. The van der Waals surface area contributed by atoms with Crippen LogP contribution in [0.5, 0.6) is 0 Å². The first-order valence-electron chi connectivity index (χ1n) is 7.80. The van der Waals surface area contributed by atoms with Crippen molar-refractivity contribution in [1.29, 1.82) is 0 Å². The van der Waals surface area contributed by atoms with Gasteiger partial charge in [-0.05, 0) is 26.7 Å². The summed E-state index contributed by atoms with van der Waals surface area (Å²) >= 11 is 0. The van der Waals surface area contributed by atoms with Crippen molar-refractivity contribution in [2.24, 2.45) is 0 Å². The molecule has 120 valence electrons. The molecular weight excluding hydrogens is 268 g/mol. The van der Waals surface area contributed by atoms with E-state index < -0.39 is 0 Å². The van der Waals surface area contributed by atoms with Gasteiger partial charge >= 0.3 is 0 Å². The molecule has 0 aliphatic heterocycles. The van der Waals surface area contributed by atoms with E-state index in [-0.39, 0.29) is 6.61 Å². The van der Waals surface area contributed by atoms with Crippen molar-refractivity contribution in [3.63, 3.8) is 0 Å². The van der Waals surface area contributed by atoms with Crippen molar-refractivity contribution in [3.8, 4) is 0 Å². The van der Waals surface area contributed by atoms with E-state index in [1.165, 1.54) is 0 Å². The zero-order valence-corrected chi connectivity index (χ0v) is 13.4. The average Bonchev–Trinajstić information content (AvgIpc) is 2.51. The molecule has 0 radical (unpaired) electrons. The summed E-state index contributed by atoms with van der Waals surface area (Å²) in [5.41, 5.74) is 0. The van der Waals surface area contributed by atoms with Gasteiger partial charge < -0.3 is 20.1 Å². The van der Waals surface area contributed by atoms with E-state index in [1.807, 2.05) is 13.0 Å². The van der Waals surface area contributed by atoms with Gasteiger partial charge in [0, 0.05) is 38.9 Å². The number of aliphatic hydroxyl groups excluding tert-OH is 1. The average molecular weight is 296 g/mol. The first-order chi connectivity index (χ1) is 10.2. The van der Waals surface area contributed by atoms with Gasteiger partial charge in [0.1, 0.15) is 18.2 Å². The first kappa shape index (κ1) is 17.7. The van der Waals surface area contributed by atoms with E-state index in [2.05, 4.69) is 34.0 Å². The Kier molecular flexibility index (Phi) is 8.69. The van der Waals surface area contributed by atoms with Crippen molar-refractivity contribution in [2.45, 2.75) is 40.2 Å². The third kappa shape index (κ3) is 6.27. The van der Waals surface area contributed by atoms with Crippen LogP contribution in [0.4, 0.5) is 11.6 Å². The molecule has 0 aromatic carbocycles. The third-order valence-electron chi connectivity index (χ3n) is 3.04. The van der Waals surface area contributed by atoms with Crippen molar-refractivity contribution >= 4 is 11.6 Å². The quantitative estimate of drug-likeness (QED) is 0.651. The number of rotatable bonds is 11. The summed E-state index contributed by atoms with van der Waals surface area (Å²) in [6, 6.07) is 1.96. The predicted octanol–water partition coefficient (Wildman–Crippen LogP) is 2.04. The fourth-order valence-electron chi connectivity index (χ4n) is 1.94. The Morgan fingerprint density at radius 1 is 1.29 bits per heavy atom. The Bertz CT molecular complexity index is 375. The highest BCUT2D eigenvalue weighted by Crippen LogP contribution is 2.17. The maximum absolute atomic E-state index is 9.01. The molecule has 0 saturated heterocycles. The molecule has 0 unspecified atom stereocenters. The molecule has 0 spiro atoms. The minimum atomic E-state index is 0.189. The summed E-state index contributed by atoms with van der Waals surface area (Å²) in [5, 5.41) is 12.3. The van der Waals surface area contributed by atoms with Gasteiger partial charge in [0.25, 0.3) is 0 Å². The van der Waals surface area contributed by atoms with Gasteiger partial charge in [0.2, 0.25) is 0 Å². The summed E-state index contributed by atoms with van der Waals surface area (Å²) in [6.45, 7) is 9.93. The van der Waals surface area contributed by atoms with Crippen LogP contribution in [0.1, 0.15) is 39.4 Å². The molecule has 0 aliphatic rings. The number of ether oxygens (including phenoxy) is 1. The van der Waals surface area contributed by atoms with Crippen molar-refractivity contribution in [3.05, 3.63) is 11.9 Å². The lowest BCUT2D eigenvalue weighted by Gasteiger charge is -2.22. The summed E-state index contributed by atoms with van der Waals surface area (Å²) in [5.74, 6) is 2.41. The zero-order valence-electron chi connectivity index (χ0n) is 13.4. The smallest absolute Gasteiger partial charge is 0.158 e.